The Kier molecular flexibility index (Phi) is 4.62. The van der Waals surface area contributed by atoms with Gasteiger partial charge in [-0.15, -0.1) is 0 Å². The van der Waals surface area contributed by atoms with E-state index in [9.17, 15) is 0 Å². The molecule has 4 aliphatic rings. The maximum absolute atomic E-state index is 4.13. The molecule has 0 aromatic carbocycles. The normalized spacial score (nSPS) is 34.3. The number of fused-ring (bicyclic) bond motifs is 2. The lowest BCUT2D eigenvalue weighted by atomic mass is 9.47. The average molecular weight is 272 g/mol. The van der Waals surface area contributed by atoms with Gasteiger partial charge in [0.25, 0.3) is 0 Å². The van der Waals surface area contributed by atoms with Crippen LogP contribution in [0.3, 0.4) is 0 Å². The number of hydrogen-bond donors (Lipinski definition) is 0. The molecular formula is C20H32. The van der Waals surface area contributed by atoms with Crippen LogP contribution < -0.4 is 0 Å². The summed E-state index contributed by atoms with van der Waals surface area (Å²) in [5.41, 5.74) is 5.03. The predicted molar refractivity (Wildman–Crippen MR) is 89.7 cm³/mol. The van der Waals surface area contributed by atoms with Crippen molar-refractivity contribution in [3.8, 4) is 0 Å². The summed E-state index contributed by atoms with van der Waals surface area (Å²) in [4.78, 5) is 0. The van der Waals surface area contributed by atoms with Gasteiger partial charge < -0.3 is 0 Å². The average Bonchev–Trinajstić information content (AvgIpc) is 2.39. The molecule has 3 unspecified atom stereocenters. The van der Waals surface area contributed by atoms with Crippen molar-refractivity contribution >= 4 is 0 Å². The second-order valence-electron chi connectivity index (χ2n) is 7.87. The smallest absolute Gasteiger partial charge is 0.0149 e. The summed E-state index contributed by atoms with van der Waals surface area (Å²) in [7, 11) is 0. The van der Waals surface area contributed by atoms with Crippen LogP contribution in [0.4, 0.5) is 0 Å². The Morgan fingerprint density at radius 2 is 1.95 bits per heavy atom. The van der Waals surface area contributed by atoms with E-state index in [-0.39, 0.29) is 0 Å². The Balaban J connectivity index is 0.000000147. The van der Waals surface area contributed by atoms with Gasteiger partial charge in [-0.25, -0.2) is 0 Å². The largest absolute Gasteiger partial charge is 0.0998 e. The van der Waals surface area contributed by atoms with E-state index in [1.165, 1.54) is 49.7 Å². The Morgan fingerprint density at radius 1 is 1.25 bits per heavy atom. The topological polar surface area (TPSA) is 0 Å². The molecule has 0 N–H and O–H groups in total. The SMILES string of the molecule is C=C(C)C1CC=C(C)CC1.C=C1CCC2CC1C2(C)C. The van der Waals surface area contributed by atoms with Crippen molar-refractivity contribution in [2.75, 3.05) is 0 Å². The van der Waals surface area contributed by atoms with E-state index in [1.807, 2.05) is 0 Å². The number of rotatable bonds is 1. The van der Waals surface area contributed by atoms with Crippen molar-refractivity contribution in [2.45, 2.75) is 66.2 Å². The van der Waals surface area contributed by atoms with Crippen molar-refractivity contribution in [1.29, 1.82) is 0 Å². The van der Waals surface area contributed by atoms with E-state index in [2.05, 4.69) is 46.9 Å². The minimum Gasteiger partial charge on any atom is -0.0998 e. The van der Waals surface area contributed by atoms with E-state index in [4.69, 9.17) is 0 Å². The van der Waals surface area contributed by atoms with Gasteiger partial charge in [0.1, 0.15) is 0 Å². The fourth-order valence-corrected chi connectivity index (χ4v) is 4.15. The molecule has 0 amide bonds. The molecule has 112 valence electrons. The van der Waals surface area contributed by atoms with Crippen LogP contribution in [0.1, 0.15) is 66.2 Å². The molecule has 0 nitrogen and oxygen atoms in total. The van der Waals surface area contributed by atoms with E-state index in [0.29, 0.717) is 5.41 Å². The molecule has 3 saturated carbocycles. The van der Waals surface area contributed by atoms with Gasteiger partial charge in [0.15, 0.2) is 0 Å². The van der Waals surface area contributed by atoms with Crippen molar-refractivity contribution in [2.24, 2.45) is 23.2 Å². The van der Waals surface area contributed by atoms with Gasteiger partial charge in [-0.2, -0.15) is 0 Å². The fraction of sp³-hybridized carbons (Fsp3) is 0.700. The Hall–Kier alpha value is -0.780. The maximum Gasteiger partial charge on any atom is -0.0149 e. The quantitative estimate of drug-likeness (QED) is 0.491. The molecule has 0 aromatic heterocycles. The summed E-state index contributed by atoms with van der Waals surface area (Å²) in [6.07, 6.45) is 10.3. The lowest BCUT2D eigenvalue weighted by molar-refractivity contribution is -0.0273. The van der Waals surface area contributed by atoms with E-state index < -0.39 is 0 Å². The molecular weight excluding hydrogens is 240 g/mol. The Labute approximate surface area is 126 Å². The molecule has 0 heterocycles. The zero-order valence-corrected chi connectivity index (χ0v) is 14.0. The third-order valence-corrected chi connectivity index (χ3v) is 6.11. The third-order valence-electron chi connectivity index (χ3n) is 6.11. The van der Waals surface area contributed by atoms with Crippen LogP contribution in [-0.4, -0.2) is 0 Å². The number of allylic oxidation sites excluding steroid dienone is 4. The lowest BCUT2D eigenvalue weighted by Crippen LogP contribution is -2.48. The first-order chi connectivity index (χ1) is 9.32. The molecule has 4 aliphatic carbocycles. The van der Waals surface area contributed by atoms with Crippen molar-refractivity contribution < 1.29 is 0 Å². The van der Waals surface area contributed by atoms with Gasteiger partial charge in [-0.1, -0.05) is 49.8 Å². The summed E-state index contributed by atoms with van der Waals surface area (Å²) in [6, 6.07) is 0. The van der Waals surface area contributed by atoms with E-state index in [0.717, 1.165) is 17.8 Å². The molecule has 0 aliphatic heterocycles. The van der Waals surface area contributed by atoms with Crippen LogP contribution in [0.5, 0.6) is 0 Å². The molecule has 0 radical (unpaired) electrons. The summed E-state index contributed by atoms with van der Waals surface area (Å²) < 4.78 is 0. The van der Waals surface area contributed by atoms with Crippen LogP contribution >= 0.6 is 0 Å². The third kappa shape index (κ3) is 3.10. The summed E-state index contributed by atoms with van der Waals surface area (Å²) in [6.45, 7) is 17.3. The van der Waals surface area contributed by atoms with Gasteiger partial charge in [0.05, 0.1) is 0 Å². The number of hydrogen-bond acceptors (Lipinski definition) is 0. The van der Waals surface area contributed by atoms with Gasteiger partial charge in [0, 0.05) is 0 Å². The Morgan fingerprint density at radius 3 is 2.30 bits per heavy atom. The highest BCUT2D eigenvalue weighted by Gasteiger charge is 2.51. The highest BCUT2D eigenvalue weighted by atomic mass is 14.6. The Bertz CT molecular complexity index is 419. The van der Waals surface area contributed by atoms with Crippen LogP contribution in [0.15, 0.2) is 36.0 Å². The monoisotopic (exact) mass is 272 g/mol. The molecule has 0 heteroatoms. The summed E-state index contributed by atoms with van der Waals surface area (Å²) in [5.74, 6) is 2.65. The zero-order chi connectivity index (χ0) is 14.9. The second-order valence-corrected chi connectivity index (χ2v) is 7.87. The first kappa shape index (κ1) is 15.6. The van der Waals surface area contributed by atoms with Gasteiger partial charge >= 0.3 is 0 Å². The lowest BCUT2D eigenvalue weighted by Gasteiger charge is -2.57. The molecule has 0 saturated heterocycles. The van der Waals surface area contributed by atoms with E-state index >= 15 is 0 Å². The molecule has 20 heavy (non-hydrogen) atoms. The minimum atomic E-state index is 0.606. The molecule has 0 spiro atoms. The van der Waals surface area contributed by atoms with Crippen LogP contribution in [0, 0.1) is 23.2 Å². The first-order valence-electron chi connectivity index (χ1n) is 8.31. The van der Waals surface area contributed by atoms with Crippen LogP contribution in [0.2, 0.25) is 0 Å². The van der Waals surface area contributed by atoms with Crippen molar-refractivity contribution in [1.82, 2.24) is 0 Å². The molecule has 3 fully saturated rings. The van der Waals surface area contributed by atoms with Gasteiger partial charge in [-0.3, -0.25) is 0 Å². The predicted octanol–water partition coefficient (Wildman–Crippen LogP) is 6.31. The standard InChI is InChI=1S/2C10H16/c1-7-4-5-8-6-9(7)10(8,2)3;1-8(2)10-6-4-9(3)5-7-10/h8-9H,1,4-6H2,2-3H3;4,10H,1,5-7H2,2-3H3. The highest BCUT2D eigenvalue weighted by Crippen LogP contribution is 2.60. The fourth-order valence-electron chi connectivity index (χ4n) is 4.15. The second kappa shape index (κ2) is 5.92. The van der Waals surface area contributed by atoms with Gasteiger partial charge in [0.2, 0.25) is 0 Å². The van der Waals surface area contributed by atoms with Crippen LogP contribution in [0.25, 0.3) is 0 Å². The highest BCUT2D eigenvalue weighted by molar-refractivity contribution is 5.18. The molecule has 3 atom stereocenters. The summed E-state index contributed by atoms with van der Waals surface area (Å²) >= 11 is 0. The molecule has 0 aromatic rings. The van der Waals surface area contributed by atoms with E-state index in [1.54, 1.807) is 5.57 Å². The first-order valence-corrected chi connectivity index (χ1v) is 8.31. The van der Waals surface area contributed by atoms with Crippen molar-refractivity contribution in [3.05, 3.63) is 36.0 Å². The maximum atomic E-state index is 4.13. The minimum absolute atomic E-state index is 0.606. The van der Waals surface area contributed by atoms with Crippen molar-refractivity contribution in [3.63, 3.8) is 0 Å². The molecule has 2 bridgehead atoms. The van der Waals surface area contributed by atoms with Crippen LogP contribution in [-0.2, 0) is 0 Å². The van der Waals surface area contributed by atoms with Gasteiger partial charge in [-0.05, 0) is 75.5 Å². The zero-order valence-electron chi connectivity index (χ0n) is 14.0. The molecule has 4 rings (SSSR count). The summed E-state index contributed by atoms with van der Waals surface area (Å²) in [5, 5.41) is 0.